The highest BCUT2D eigenvalue weighted by Crippen LogP contribution is 2.20. The second kappa shape index (κ2) is 11.2. The first kappa shape index (κ1) is 22.4. The van der Waals surface area contributed by atoms with Crippen LogP contribution in [0.5, 0.6) is 0 Å². The number of carbonyl (C=O) groups excluding carboxylic acids is 2. The van der Waals surface area contributed by atoms with Gasteiger partial charge in [-0.05, 0) is 49.7 Å². The van der Waals surface area contributed by atoms with Crippen molar-refractivity contribution < 1.29 is 9.59 Å². The molecule has 0 bridgehead atoms. The van der Waals surface area contributed by atoms with Crippen molar-refractivity contribution in [1.82, 2.24) is 15.1 Å². The highest BCUT2D eigenvalue weighted by atomic mass is 16.2. The van der Waals surface area contributed by atoms with Gasteiger partial charge in [0, 0.05) is 37.9 Å². The lowest BCUT2D eigenvalue weighted by Gasteiger charge is -2.34. The van der Waals surface area contributed by atoms with Gasteiger partial charge in [-0.2, -0.15) is 10.2 Å². The standard InChI is InChI=1S/C23H30N6O2/c1-3-18(2)24-22(30)17-28-13-15-29(16-14-28)23(31)25-19-9-11-21(12-10-19)27-26-20-7-5-4-6-8-20/h4-12,18H,3,13-17H2,1-2H3,(H,24,30)(H,25,31). The first-order chi connectivity index (χ1) is 15.0. The predicted octanol–water partition coefficient (Wildman–Crippen LogP) is 4.17. The SMILES string of the molecule is CCC(C)NC(=O)CN1CCN(C(=O)Nc2ccc(N=Nc3ccccc3)cc2)CC1. The highest BCUT2D eigenvalue weighted by molar-refractivity contribution is 5.89. The minimum absolute atomic E-state index is 0.0387. The molecule has 0 spiro atoms. The summed E-state index contributed by atoms with van der Waals surface area (Å²) < 4.78 is 0. The van der Waals surface area contributed by atoms with Crippen molar-refractivity contribution in [1.29, 1.82) is 0 Å². The van der Waals surface area contributed by atoms with E-state index in [9.17, 15) is 9.59 Å². The topological polar surface area (TPSA) is 89.4 Å². The number of rotatable bonds is 7. The first-order valence-corrected chi connectivity index (χ1v) is 10.7. The molecule has 8 nitrogen and oxygen atoms in total. The molecule has 0 aromatic heterocycles. The average molecular weight is 423 g/mol. The Balaban J connectivity index is 1.43. The molecular weight excluding hydrogens is 392 g/mol. The van der Waals surface area contributed by atoms with Gasteiger partial charge >= 0.3 is 6.03 Å². The number of nitrogens with one attached hydrogen (secondary N) is 2. The average Bonchev–Trinajstić information content (AvgIpc) is 2.79. The lowest BCUT2D eigenvalue weighted by molar-refractivity contribution is -0.123. The van der Waals surface area contributed by atoms with Crippen LogP contribution < -0.4 is 10.6 Å². The summed E-state index contributed by atoms with van der Waals surface area (Å²) in [6.45, 7) is 6.96. The molecule has 3 amide bonds. The monoisotopic (exact) mass is 422 g/mol. The quantitative estimate of drug-likeness (QED) is 0.657. The van der Waals surface area contributed by atoms with Crippen LogP contribution in [0.25, 0.3) is 0 Å². The molecule has 2 aromatic carbocycles. The fraction of sp³-hybridized carbons (Fsp3) is 0.391. The van der Waals surface area contributed by atoms with Crippen LogP contribution in [0, 0.1) is 0 Å². The molecule has 1 aliphatic heterocycles. The zero-order valence-electron chi connectivity index (χ0n) is 18.1. The molecule has 0 aliphatic carbocycles. The molecule has 3 rings (SSSR count). The lowest BCUT2D eigenvalue weighted by Crippen LogP contribution is -2.52. The number of azo groups is 1. The Morgan fingerprint density at radius 1 is 0.935 bits per heavy atom. The van der Waals surface area contributed by atoms with Crippen LogP contribution in [-0.4, -0.2) is 60.5 Å². The van der Waals surface area contributed by atoms with Crippen molar-refractivity contribution in [2.75, 3.05) is 38.0 Å². The molecule has 31 heavy (non-hydrogen) atoms. The van der Waals surface area contributed by atoms with Gasteiger partial charge in [0.05, 0.1) is 17.9 Å². The molecule has 1 aliphatic rings. The molecule has 0 saturated carbocycles. The number of piperazine rings is 1. The Labute approximate surface area is 183 Å². The largest absolute Gasteiger partial charge is 0.353 e. The third-order valence-electron chi connectivity index (χ3n) is 5.20. The maximum atomic E-state index is 12.6. The predicted molar refractivity (Wildman–Crippen MR) is 122 cm³/mol. The smallest absolute Gasteiger partial charge is 0.321 e. The van der Waals surface area contributed by atoms with Crippen molar-refractivity contribution in [3.05, 3.63) is 54.6 Å². The normalized spacial score (nSPS) is 15.6. The van der Waals surface area contributed by atoms with E-state index in [2.05, 4.69) is 25.8 Å². The van der Waals surface area contributed by atoms with E-state index in [0.29, 0.717) is 44.1 Å². The minimum atomic E-state index is -0.137. The zero-order valence-corrected chi connectivity index (χ0v) is 18.1. The molecule has 2 N–H and O–H groups in total. The fourth-order valence-electron chi connectivity index (χ4n) is 3.16. The maximum Gasteiger partial charge on any atom is 0.321 e. The van der Waals surface area contributed by atoms with Gasteiger partial charge < -0.3 is 15.5 Å². The molecule has 1 unspecified atom stereocenters. The van der Waals surface area contributed by atoms with Crippen molar-refractivity contribution >= 4 is 29.0 Å². The highest BCUT2D eigenvalue weighted by Gasteiger charge is 2.22. The van der Waals surface area contributed by atoms with Crippen LogP contribution in [-0.2, 0) is 4.79 Å². The van der Waals surface area contributed by atoms with Gasteiger partial charge in [0.25, 0.3) is 0 Å². The summed E-state index contributed by atoms with van der Waals surface area (Å²) in [7, 11) is 0. The number of benzene rings is 2. The molecule has 1 fully saturated rings. The number of anilines is 1. The Kier molecular flexibility index (Phi) is 8.12. The van der Waals surface area contributed by atoms with Gasteiger partial charge in [-0.25, -0.2) is 4.79 Å². The Hall–Kier alpha value is -3.26. The van der Waals surface area contributed by atoms with E-state index in [0.717, 1.165) is 12.1 Å². The van der Waals surface area contributed by atoms with E-state index >= 15 is 0 Å². The van der Waals surface area contributed by atoms with Gasteiger partial charge in [-0.15, -0.1) is 0 Å². The molecule has 0 radical (unpaired) electrons. The van der Waals surface area contributed by atoms with Crippen LogP contribution in [0.3, 0.4) is 0 Å². The second-order valence-corrected chi connectivity index (χ2v) is 7.65. The number of nitrogens with zero attached hydrogens (tertiary/aromatic N) is 4. The number of amides is 3. The third kappa shape index (κ3) is 7.18. The minimum Gasteiger partial charge on any atom is -0.353 e. The van der Waals surface area contributed by atoms with Gasteiger partial charge in [0.15, 0.2) is 0 Å². The van der Waals surface area contributed by atoms with Gasteiger partial charge in [-0.1, -0.05) is 25.1 Å². The summed E-state index contributed by atoms with van der Waals surface area (Å²) >= 11 is 0. The van der Waals surface area contributed by atoms with Gasteiger partial charge in [0.2, 0.25) is 5.91 Å². The van der Waals surface area contributed by atoms with Crippen LogP contribution in [0.4, 0.5) is 21.9 Å². The van der Waals surface area contributed by atoms with Gasteiger partial charge in [0.1, 0.15) is 0 Å². The van der Waals surface area contributed by atoms with Crippen molar-refractivity contribution in [2.45, 2.75) is 26.3 Å². The van der Waals surface area contributed by atoms with Crippen LogP contribution in [0.15, 0.2) is 64.8 Å². The third-order valence-corrected chi connectivity index (χ3v) is 5.20. The summed E-state index contributed by atoms with van der Waals surface area (Å²) in [5, 5.41) is 14.3. The lowest BCUT2D eigenvalue weighted by atomic mass is 10.2. The summed E-state index contributed by atoms with van der Waals surface area (Å²) in [6, 6.07) is 16.8. The summed E-state index contributed by atoms with van der Waals surface area (Å²) in [5.74, 6) is 0.0387. The van der Waals surface area contributed by atoms with E-state index in [4.69, 9.17) is 0 Å². The van der Waals surface area contributed by atoms with Crippen molar-refractivity contribution in [3.8, 4) is 0 Å². The van der Waals surface area contributed by atoms with E-state index in [1.165, 1.54) is 0 Å². The van der Waals surface area contributed by atoms with Gasteiger partial charge in [-0.3, -0.25) is 9.69 Å². The number of carbonyl (C=O) groups is 2. The number of urea groups is 1. The number of hydrogen-bond acceptors (Lipinski definition) is 5. The fourth-order valence-corrected chi connectivity index (χ4v) is 3.16. The maximum absolute atomic E-state index is 12.6. The molecular formula is C23H30N6O2. The molecule has 1 atom stereocenters. The van der Waals surface area contributed by atoms with E-state index < -0.39 is 0 Å². The Morgan fingerprint density at radius 2 is 1.55 bits per heavy atom. The van der Waals surface area contributed by atoms with Crippen LogP contribution in [0.2, 0.25) is 0 Å². The van der Waals surface area contributed by atoms with Crippen LogP contribution in [0.1, 0.15) is 20.3 Å². The second-order valence-electron chi connectivity index (χ2n) is 7.65. The van der Waals surface area contributed by atoms with Crippen molar-refractivity contribution in [3.63, 3.8) is 0 Å². The summed E-state index contributed by atoms with van der Waals surface area (Å²) in [4.78, 5) is 28.4. The molecule has 8 heteroatoms. The molecule has 1 heterocycles. The number of hydrogen-bond donors (Lipinski definition) is 2. The zero-order chi connectivity index (χ0) is 22.1. The van der Waals surface area contributed by atoms with E-state index in [1.807, 2.05) is 68.4 Å². The summed E-state index contributed by atoms with van der Waals surface area (Å²) in [5.41, 5.74) is 2.21. The molecule has 164 valence electrons. The first-order valence-electron chi connectivity index (χ1n) is 10.7. The van der Waals surface area contributed by atoms with Crippen LogP contribution >= 0.6 is 0 Å². The van der Waals surface area contributed by atoms with E-state index in [-0.39, 0.29) is 18.0 Å². The molecule has 2 aromatic rings. The molecule has 1 saturated heterocycles. The Morgan fingerprint density at radius 3 is 2.16 bits per heavy atom. The Bertz CT molecular complexity index is 877. The van der Waals surface area contributed by atoms with Crippen molar-refractivity contribution in [2.24, 2.45) is 10.2 Å². The van der Waals surface area contributed by atoms with E-state index in [1.54, 1.807) is 4.90 Å². The summed E-state index contributed by atoms with van der Waals surface area (Å²) in [6.07, 6.45) is 0.913.